The molecule has 0 aliphatic carbocycles. The van der Waals surface area contributed by atoms with E-state index in [4.69, 9.17) is 4.74 Å². The van der Waals surface area contributed by atoms with Crippen molar-refractivity contribution in [2.45, 2.75) is 52.7 Å². The number of ether oxygens (including phenoxy) is 1. The number of nitrogens with one attached hydrogen (secondary N) is 2. The third-order valence-electron chi connectivity index (χ3n) is 4.83. The molecule has 9 nitrogen and oxygen atoms in total. The summed E-state index contributed by atoms with van der Waals surface area (Å²) in [6.07, 6.45) is 2.81. The fourth-order valence-electron chi connectivity index (χ4n) is 2.95. The quantitative estimate of drug-likeness (QED) is 0.482. The van der Waals surface area contributed by atoms with Gasteiger partial charge in [0.2, 0.25) is 5.91 Å². The fraction of sp³-hybridized carbons (Fsp3) is 0.778. The second-order valence-electron chi connectivity index (χ2n) is 6.65. The van der Waals surface area contributed by atoms with Gasteiger partial charge in [0.15, 0.2) is 11.8 Å². The monoisotopic (exact) mass is 379 g/mol. The van der Waals surface area contributed by atoms with Crippen molar-refractivity contribution < 1.29 is 9.53 Å². The number of carbonyl (C=O) groups excluding carboxylic acids is 1. The first-order valence-electron chi connectivity index (χ1n) is 9.81. The van der Waals surface area contributed by atoms with Crippen LogP contribution in [-0.4, -0.2) is 70.4 Å². The summed E-state index contributed by atoms with van der Waals surface area (Å²) in [5.74, 6) is 2.46. The number of aryl methyl sites for hydroxylation is 1. The van der Waals surface area contributed by atoms with Gasteiger partial charge in [-0.3, -0.25) is 4.79 Å². The molecule has 9 heteroatoms. The molecule has 2 rings (SSSR count). The van der Waals surface area contributed by atoms with Crippen molar-refractivity contribution in [3.05, 3.63) is 11.6 Å². The van der Waals surface area contributed by atoms with Gasteiger partial charge in [-0.2, -0.15) is 0 Å². The Morgan fingerprint density at radius 3 is 2.70 bits per heavy atom. The lowest BCUT2D eigenvalue weighted by Gasteiger charge is -2.19. The Morgan fingerprint density at radius 2 is 2.11 bits per heavy atom. The Hall–Kier alpha value is -2.16. The van der Waals surface area contributed by atoms with E-state index in [1.165, 1.54) is 0 Å². The largest absolute Gasteiger partial charge is 0.376 e. The maximum absolute atomic E-state index is 12.2. The molecule has 27 heavy (non-hydrogen) atoms. The average molecular weight is 380 g/mol. The molecular weight excluding hydrogens is 346 g/mol. The summed E-state index contributed by atoms with van der Waals surface area (Å²) in [4.78, 5) is 18.6. The first-order chi connectivity index (χ1) is 13.0. The van der Waals surface area contributed by atoms with Gasteiger partial charge in [-0.05, 0) is 33.6 Å². The van der Waals surface area contributed by atoms with Crippen LogP contribution in [0.5, 0.6) is 0 Å². The van der Waals surface area contributed by atoms with E-state index in [0.29, 0.717) is 32.0 Å². The summed E-state index contributed by atoms with van der Waals surface area (Å²) >= 11 is 0. The zero-order valence-electron chi connectivity index (χ0n) is 17.0. The summed E-state index contributed by atoms with van der Waals surface area (Å²) in [6, 6.07) is 0. The molecule has 0 bridgehead atoms. The third kappa shape index (κ3) is 6.50. The lowest BCUT2D eigenvalue weighted by Crippen LogP contribution is -2.42. The van der Waals surface area contributed by atoms with E-state index in [9.17, 15) is 4.79 Å². The topological polar surface area (TPSA) is 96.7 Å². The highest BCUT2D eigenvalue weighted by Gasteiger charge is 2.16. The lowest BCUT2D eigenvalue weighted by molar-refractivity contribution is -0.130. The molecule has 1 aliphatic heterocycles. The molecule has 2 heterocycles. The number of amides is 1. The molecule has 1 aromatic heterocycles. The zero-order chi connectivity index (χ0) is 19.6. The zero-order valence-corrected chi connectivity index (χ0v) is 17.0. The van der Waals surface area contributed by atoms with Crippen molar-refractivity contribution in [3.8, 4) is 0 Å². The SMILES string of the molecule is CCN(CC)C(=O)CCNC(=NCc1nnc(C)n1C)NCC1CCCO1. The van der Waals surface area contributed by atoms with Crippen molar-refractivity contribution in [2.75, 3.05) is 32.8 Å². The van der Waals surface area contributed by atoms with Gasteiger partial charge >= 0.3 is 0 Å². The van der Waals surface area contributed by atoms with Gasteiger partial charge in [-0.15, -0.1) is 10.2 Å². The Labute approximate surface area is 161 Å². The van der Waals surface area contributed by atoms with Gasteiger partial charge in [-0.1, -0.05) is 0 Å². The van der Waals surface area contributed by atoms with E-state index in [-0.39, 0.29) is 12.0 Å². The van der Waals surface area contributed by atoms with E-state index >= 15 is 0 Å². The number of guanidine groups is 1. The average Bonchev–Trinajstić information content (AvgIpc) is 3.29. The van der Waals surface area contributed by atoms with Crippen molar-refractivity contribution in [1.29, 1.82) is 0 Å². The molecule has 1 unspecified atom stereocenters. The maximum Gasteiger partial charge on any atom is 0.224 e. The number of carbonyl (C=O) groups is 1. The molecule has 1 saturated heterocycles. The Kier molecular flexibility index (Phi) is 8.50. The highest BCUT2D eigenvalue weighted by Crippen LogP contribution is 2.10. The van der Waals surface area contributed by atoms with E-state index in [1.807, 2.05) is 37.3 Å². The van der Waals surface area contributed by atoms with Gasteiger partial charge < -0.3 is 24.8 Å². The van der Waals surface area contributed by atoms with Crippen molar-refractivity contribution in [1.82, 2.24) is 30.3 Å². The summed E-state index contributed by atoms with van der Waals surface area (Å²) < 4.78 is 7.58. The lowest BCUT2D eigenvalue weighted by atomic mass is 10.2. The predicted molar refractivity (Wildman–Crippen MR) is 104 cm³/mol. The molecule has 2 N–H and O–H groups in total. The highest BCUT2D eigenvalue weighted by molar-refractivity contribution is 5.81. The van der Waals surface area contributed by atoms with E-state index in [2.05, 4.69) is 25.8 Å². The van der Waals surface area contributed by atoms with E-state index in [0.717, 1.165) is 44.2 Å². The molecule has 152 valence electrons. The second-order valence-corrected chi connectivity index (χ2v) is 6.65. The molecular formula is C18H33N7O2. The summed E-state index contributed by atoms with van der Waals surface area (Å²) in [5.41, 5.74) is 0. The Bertz CT molecular complexity index is 619. The van der Waals surface area contributed by atoms with Crippen LogP contribution < -0.4 is 10.6 Å². The summed E-state index contributed by atoms with van der Waals surface area (Å²) in [5, 5.41) is 14.8. The summed E-state index contributed by atoms with van der Waals surface area (Å²) in [7, 11) is 1.93. The normalized spacial score (nSPS) is 17.2. The minimum atomic E-state index is 0.148. The molecule has 1 aliphatic rings. The van der Waals surface area contributed by atoms with Crippen LogP contribution in [0.25, 0.3) is 0 Å². The molecule has 1 aromatic rings. The molecule has 1 fully saturated rings. The van der Waals surface area contributed by atoms with Crippen LogP contribution in [-0.2, 0) is 23.1 Å². The third-order valence-corrected chi connectivity index (χ3v) is 4.83. The molecule has 0 saturated carbocycles. The first-order valence-corrected chi connectivity index (χ1v) is 9.81. The summed E-state index contributed by atoms with van der Waals surface area (Å²) in [6.45, 7) is 9.84. The number of aromatic nitrogens is 3. The minimum Gasteiger partial charge on any atom is -0.376 e. The second kappa shape index (κ2) is 10.9. The van der Waals surface area contributed by atoms with Crippen LogP contribution in [0.1, 0.15) is 44.8 Å². The van der Waals surface area contributed by atoms with Gasteiger partial charge in [-0.25, -0.2) is 4.99 Å². The number of hydrogen-bond donors (Lipinski definition) is 2. The van der Waals surface area contributed by atoms with Crippen LogP contribution in [0.2, 0.25) is 0 Å². The molecule has 0 radical (unpaired) electrons. The van der Waals surface area contributed by atoms with Crippen LogP contribution in [0, 0.1) is 6.92 Å². The molecule has 1 amide bonds. The van der Waals surface area contributed by atoms with Gasteiger partial charge in [0, 0.05) is 46.3 Å². The van der Waals surface area contributed by atoms with Gasteiger partial charge in [0.1, 0.15) is 12.4 Å². The van der Waals surface area contributed by atoms with E-state index < -0.39 is 0 Å². The van der Waals surface area contributed by atoms with Crippen LogP contribution in [0.4, 0.5) is 0 Å². The Balaban J connectivity index is 1.90. The highest BCUT2D eigenvalue weighted by atomic mass is 16.5. The Morgan fingerprint density at radius 1 is 1.33 bits per heavy atom. The van der Waals surface area contributed by atoms with Gasteiger partial charge in [0.25, 0.3) is 0 Å². The maximum atomic E-state index is 12.2. The fourth-order valence-corrected chi connectivity index (χ4v) is 2.95. The van der Waals surface area contributed by atoms with Crippen molar-refractivity contribution >= 4 is 11.9 Å². The number of nitrogens with zero attached hydrogens (tertiary/aromatic N) is 5. The molecule has 0 aromatic carbocycles. The van der Waals surface area contributed by atoms with E-state index in [1.54, 1.807) is 0 Å². The smallest absolute Gasteiger partial charge is 0.224 e. The predicted octanol–water partition coefficient (Wildman–Crippen LogP) is 0.596. The van der Waals surface area contributed by atoms with Crippen LogP contribution in [0.3, 0.4) is 0 Å². The molecule has 0 spiro atoms. The van der Waals surface area contributed by atoms with Crippen molar-refractivity contribution in [3.63, 3.8) is 0 Å². The van der Waals surface area contributed by atoms with Crippen molar-refractivity contribution in [2.24, 2.45) is 12.0 Å². The first kappa shape index (κ1) is 21.1. The van der Waals surface area contributed by atoms with Crippen LogP contribution in [0.15, 0.2) is 4.99 Å². The number of hydrogen-bond acceptors (Lipinski definition) is 5. The number of aliphatic imine (C=N–C) groups is 1. The van der Waals surface area contributed by atoms with Crippen LogP contribution >= 0.6 is 0 Å². The molecule has 1 atom stereocenters. The number of rotatable bonds is 9. The van der Waals surface area contributed by atoms with Gasteiger partial charge in [0.05, 0.1) is 6.10 Å². The standard InChI is InChI=1S/C18H33N7O2/c1-5-25(6-2)17(26)9-10-19-18(20-12-15-8-7-11-27-15)21-13-16-23-22-14(3)24(16)4/h15H,5-13H2,1-4H3,(H2,19,20,21). The minimum absolute atomic E-state index is 0.148.